The van der Waals surface area contributed by atoms with E-state index in [2.05, 4.69) is 46.0 Å². The normalized spacial score (nSPS) is 15.7. The van der Waals surface area contributed by atoms with E-state index in [1.807, 2.05) is 4.90 Å². The number of halogens is 4. The van der Waals surface area contributed by atoms with E-state index in [-0.39, 0.29) is 0 Å². The third kappa shape index (κ3) is 3.06. The molecular weight excluding hydrogens is 415 g/mol. The Bertz CT molecular complexity index is 934. The number of aromatic amines is 1. The second-order valence-electron chi connectivity index (χ2n) is 5.81. The van der Waals surface area contributed by atoms with Crippen LogP contribution >= 0.6 is 15.9 Å². The first-order valence-corrected chi connectivity index (χ1v) is 8.60. The van der Waals surface area contributed by atoms with E-state index < -0.39 is 11.7 Å². The number of aromatic nitrogens is 5. The molecule has 7 nitrogen and oxygen atoms in total. The fraction of sp³-hybridized carbons (Fsp3) is 0.333. The van der Waals surface area contributed by atoms with E-state index in [9.17, 15) is 13.2 Å². The van der Waals surface area contributed by atoms with Crippen LogP contribution in [0.4, 0.5) is 24.8 Å². The molecule has 4 heterocycles. The molecule has 0 bridgehead atoms. The van der Waals surface area contributed by atoms with Gasteiger partial charge >= 0.3 is 6.18 Å². The van der Waals surface area contributed by atoms with Crippen molar-refractivity contribution >= 4 is 38.6 Å². The summed E-state index contributed by atoms with van der Waals surface area (Å²) in [6, 6.07) is 2.07. The maximum absolute atomic E-state index is 12.9. The highest BCUT2D eigenvalue weighted by Gasteiger charge is 2.31. The minimum absolute atomic E-state index is 0.330. The molecule has 1 aliphatic heterocycles. The van der Waals surface area contributed by atoms with Crippen LogP contribution in [0.5, 0.6) is 0 Å². The molecule has 1 N–H and O–H groups in total. The summed E-state index contributed by atoms with van der Waals surface area (Å²) in [5.41, 5.74) is -0.131. The average molecular weight is 428 g/mol. The van der Waals surface area contributed by atoms with Gasteiger partial charge in [0.25, 0.3) is 0 Å². The number of piperazine rings is 1. The Morgan fingerprint density at radius 2 is 1.77 bits per heavy atom. The molecule has 4 rings (SSSR count). The summed E-state index contributed by atoms with van der Waals surface area (Å²) in [5, 5.41) is 7.70. The highest BCUT2D eigenvalue weighted by Crippen LogP contribution is 2.32. The van der Waals surface area contributed by atoms with Crippen LogP contribution in [-0.4, -0.2) is 51.3 Å². The minimum Gasteiger partial charge on any atom is -0.353 e. The Morgan fingerprint density at radius 3 is 2.50 bits per heavy atom. The second kappa shape index (κ2) is 6.38. The first-order chi connectivity index (χ1) is 12.4. The molecule has 1 aliphatic rings. The molecule has 0 aromatic carbocycles. The molecule has 1 fully saturated rings. The number of rotatable bonds is 2. The molecule has 0 unspecified atom stereocenters. The van der Waals surface area contributed by atoms with Crippen molar-refractivity contribution in [3.63, 3.8) is 0 Å². The number of hydrogen-bond acceptors (Lipinski definition) is 6. The SMILES string of the molecule is FC(F)(F)c1ccnc(N2CCN(c3ncnc4n[nH]c(Br)c34)CC2)c1. The van der Waals surface area contributed by atoms with Crippen molar-refractivity contribution < 1.29 is 13.2 Å². The van der Waals surface area contributed by atoms with Crippen LogP contribution in [0.25, 0.3) is 11.0 Å². The number of nitrogens with one attached hydrogen (secondary N) is 1. The van der Waals surface area contributed by atoms with Crippen LogP contribution in [0.2, 0.25) is 0 Å². The first kappa shape index (κ1) is 17.0. The van der Waals surface area contributed by atoms with Crippen LogP contribution in [-0.2, 0) is 6.18 Å². The molecule has 0 spiro atoms. The minimum atomic E-state index is -4.38. The van der Waals surface area contributed by atoms with Crippen molar-refractivity contribution in [3.05, 3.63) is 34.8 Å². The van der Waals surface area contributed by atoms with Gasteiger partial charge in [-0.05, 0) is 28.1 Å². The number of hydrogen-bond donors (Lipinski definition) is 1. The molecule has 0 saturated carbocycles. The molecule has 1 saturated heterocycles. The predicted molar refractivity (Wildman–Crippen MR) is 93.0 cm³/mol. The van der Waals surface area contributed by atoms with Crippen LogP contribution in [0.3, 0.4) is 0 Å². The van der Waals surface area contributed by atoms with E-state index in [0.717, 1.165) is 23.3 Å². The number of fused-ring (bicyclic) bond motifs is 1. The third-order valence-electron chi connectivity index (χ3n) is 4.26. The summed E-state index contributed by atoms with van der Waals surface area (Å²) in [6.45, 7) is 2.27. The zero-order valence-corrected chi connectivity index (χ0v) is 14.9. The molecule has 26 heavy (non-hydrogen) atoms. The van der Waals surface area contributed by atoms with E-state index in [1.54, 1.807) is 0 Å². The number of nitrogens with zero attached hydrogens (tertiary/aromatic N) is 6. The fourth-order valence-corrected chi connectivity index (χ4v) is 3.40. The summed E-state index contributed by atoms with van der Waals surface area (Å²) in [7, 11) is 0. The molecular formula is C15H13BrF3N7. The first-order valence-electron chi connectivity index (χ1n) is 7.81. The Balaban J connectivity index is 1.53. The quantitative estimate of drug-likeness (QED) is 0.677. The standard InChI is InChI=1S/C15H13BrF3N7/c16-12-11-13(24-23-12)21-8-22-14(11)26-5-3-25(4-6-26)10-7-9(1-2-20-10)15(17,18)19/h1-2,7-8H,3-6H2,(H,21,22,23,24). The lowest BCUT2D eigenvalue weighted by Gasteiger charge is -2.36. The van der Waals surface area contributed by atoms with Crippen molar-refractivity contribution in [1.82, 2.24) is 25.1 Å². The van der Waals surface area contributed by atoms with Gasteiger partial charge in [0, 0.05) is 32.4 Å². The molecule has 3 aromatic rings. The Morgan fingerprint density at radius 1 is 1.04 bits per heavy atom. The summed E-state index contributed by atoms with van der Waals surface area (Å²) < 4.78 is 39.4. The highest BCUT2D eigenvalue weighted by atomic mass is 79.9. The van der Waals surface area contributed by atoms with Crippen LogP contribution in [0, 0.1) is 0 Å². The van der Waals surface area contributed by atoms with Gasteiger partial charge in [-0.25, -0.2) is 15.0 Å². The van der Waals surface area contributed by atoms with Gasteiger partial charge in [-0.2, -0.15) is 18.3 Å². The van der Waals surface area contributed by atoms with E-state index in [4.69, 9.17) is 0 Å². The van der Waals surface area contributed by atoms with Gasteiger partial charge in [0.2, 0.25) is 0 Å². The van der Waals surface area contributed by atoms with E-state index in [0.29, 0.717) is 42.2 Å². The van der Waals surface area contributed by atoms with Crippen molar-refractivity contribution in [3.8, 4) is 0 Å². The summed E-state index contributed by atoms with van der Waals surface area (Å²) >= 11 is 3.41. The third-order valence-corrected chi connectivity index (χ3v) is 4.84. The van der Waals surface area contributed by atoms with Crippen molar-refractivity contribution in [2.75, 3.05) is 36.0 Å². The lowest BCUT2D eigenvalue weighted by Crippen LogP contribution is -2.47. The lowest BCUT2D eigenvalue weighted by molar-refractivity contribution is -0.137. The zero-order valence-electron chi connectivity index (χ0n) is 13.3. The fourth-order valence-electron chi connectivity index (χ4n) is 2.96. The van der Waals surface area contributed by atoms with E-state index in [1.165, 1.54) is 12.5 Å². The van der Waals surface area contributed by atoms with Crippen LogP contribution < -0.4 is 9.80 Å². The lowest BCUT2D eigenvalue weighted by atomic mass is 10.2. The van der Waals surface area contributed by atoms with Gasteiger partial charge in [-0.1, -0.05) is 0 Å². The predicted octanol–water partition coefficient (Wildman–Crippen LogP) is 2.86. The Labute approximate surface area is 154 Å². The number of H-pyrrole nitrogens is 1. The van der Waals surface area contributed by atoms with Crippen molar-refractivity contribution in [2.24, 2.45) is 0 Å². The summed E-state index contributed by atoms with van der Waals surface area (Å²) in [4.78, 5) is 16.5. The van der Waals surface area contributed by atoms with Crippen LogP contribution in [0.15, 0.2) is 29.3 Å². The number of anilines is 2. The molecule has 136 valence electrons. The smallest absolute Gasteiger partial charge is 0.353 e. The number of pyridine rings is 1. The van der Waals surface area contributed by atoms with Gasteiger partial charge in [-0.15, -0.1) is 0 Å². The van der Waals surface area contributed by atoms with Gasteiger partial charge in [-0.3, -0.25) is 5.10 Å². The molecule has 3 aromatic heterocycles. The van der Waals surface area contributed by atoms with Crippen molar-refractivity contribution in [2.45, 2.75) is 6.18 Å². The maximum atomic E-state index is 12.9. The van der Waals surface area contributed by atoms with E-state index >= 15 is 0 Å². The Hall–Kier alpha value is -2.43. The second-order valence-corrected chi connectivity index (χ2v) is 6.60. The molecule has 0 radical (unpaired) electrons. The number of alkyl halides is 3. The zero-order chi connectivity index (χ0) is 18.3. The van der Waals surface area contributed by atoms with Gasteiger partial charge in [0.15, 0.2) is 5.65 Å². The maximum Gasteiger partial charge on any atom is 0.416 e. The average Bonchev–Trinajstić information content (AvgIpc) is 3.03. The monoisotopic (exact) mass is 427 g/mol. The summed E-state index contributed by atoms with van der Waals surface area (Å²) in [5.74, 6) is 1.07. The molecule has 0 aliphatic carbocycles. The van der Waals surface area contributed by atoms with Crippen molar-refractivity contribution in [1.29, 1.82) is 0 Å². The molecule has 11 heteroatoms. The Kier molecular flexibility index (Phi) is 4.17. The van der Waals surface area contributed by atoms with Gasteiger partial charge in [0.05, 0.1) is 10.9 Å². The van der Waals surface area contributed by atoms with Gasteiger partial charge < -0.3 is 9.80 Å². The molecule has 0 atom stereocenters. The highest BCUT2D eigenvalue weighted by molar-refractivity contribution is 9.10. The largest absolute Gasteiger partial charge is 0.416 e. The van der Waals surface area contributed by atoms with Gasteiger partial charge in [0.1, 0.15) is 22.6 Å². The molecule has 0 amide bonds. The summed E-state index contributed by atoms with van der Waals surface area (Å²) in [6.07, 6.45) is -1.73. The van der Waals surface area contributed by atoms with Crippen LogP contribution in [0.1, 0.15) is 5.56 Å². The topological polar surface area (TPSA) is 73.8 Å².